The van der Waals surface area contributed by atoms with Crippen LogP contribution in [-0.4, -0.2) is 59.8 Å². The Labute approximate surface area is 218 Å². The number of halogens is 2. The number of hydrogen-bond acceptors (Lipinski definition) is 7. The third-order valence-electron chi connectivity index (χ3n) is 5.64. The summed E-state index contributed by atoms with van der Waals surface area (Å²) in [6.45, 7) is 4.61. The van der Waals surface area contributed by atoms with Gasteiger partial charge in [0.05, 0.1) is 11.1 Å². The van der Waals surface area contributed by atoms with Crippen LogP contribution in [0.25, 0.3) is 11.6 Å². The highest BCUT2D eigenvalue weighted by molar-refractivity contribution is 6.35. The van der Waals surface area contributed by atoms with E-state index in [-0.39, 0.29) is 27.8 Å². The van der Waals surface area contributed by atoms with Crippen LogP contribution in [0, 0.1) is 11.7 Å². The van der Waals surface area contributed by atoms with E-state index in [2.05, 4.69) is 15.8 Å². The topological polar surface area (TPSA) is 129 Å². The molecule has 11 heteroatoms. The zero-order chi connectivity index (χ0) is 27.3. The van der Waals surface area contributed by atoms with Crippen molar-refractivity contribution in [2.75, 3.05) is 24.4 Å². The van der Waals surface area contributed by atoms with Gasteiger partial charge in [0, 0.05) is 35.2 Å². The smallest absolute Gasteiger partial charge is 0.265 e. The van der Waals surface area contributed by atoms with E-state index in [9.17, 15) is 24.2 Å². The van der Waals surface area contributed by atoms with Crippen molar-refractivity contribution in [3.63, 3.8) is 0 Å². The lowest BCUT2D eigenvalue weighted by molar-refractivity contribution is -0.120. The maximum Gasteiger partial charge on any atom is 0.265 e. The zero-order valence-corrected chi connectivity index (χ0v) is 21.5. The molecule has 2 aromatic rings. The Morgan fingerprint density at radius 2 is 1.97 bits per heavy atom. The van der Waals surface area contributed by atoms with Gasteiger partial charge in [0.2, 0.25) is 0 Å². The first-order valence-corrected chi connectivity index (χ1v) is 11.9. The quantitative estimate of drug-likeness (QED) is 0.209. The highest BCUT2D eigenvalue weighted by atomic mass is 35.5. The van der Waals surface area contributed by atoms with Crippen molar-refractivity contribution >= 4 is 52.2 Å². The van der Waals surface area contributed by atoms with Crippen molar-refractivity contribution in [1.29, 1.82) is 0 Å². The zero-order valence-electron chi connectivity index (χ0n) is 20.8. The minimum absolute atomic E-state index is 0.0606. The lowest BCUT2D eigenvalue weighted by Crippen LogP contribution is -2.42. The largest absolute Gasteiger partial charge is 0.390 e. The molecule has 37 heavy (non-hydrogen) atoms. The van der Waals surface area contributed by atoms with Gasteiger partial charge in [-0.25, -0.2) is 4.39 Å². The lowest BCUT2D eigenvalue weighted by atomic mass is 9.96. The van der Waals surface area contributed by atoms with E-state index < -0.39 is 42.6 Å². The van der Waals surface area contributed by atoms with Crippen LogP contribution < -0.4 is 10.6 Å². The number of carbonyl (C=O) groups is 2. The lowest BCUT2D eigenvalue weighted by Gasteiger charge is -2.25. The Morgan fingerprint density at radius 1 is 1.24 bits per heavy atom. The van der Waals surface area contributed by atoms with Crippen LogP contribution in [0.1, 0.15) is 31.9 Å². The van der Waals surface area contributed by atoms with E-state index in [1.165, 1.54) is 32.2 Å². The van der Waals surface area contributed by atoms with Crippen LogP contribution in [0.15, 0.2) is 41.6 Å². The highest BCUT2D eigenvalue weighted by Crippen LogP contribution is 2.35. The molecule has 1 heterocycles. The van der Waals surface area contributed by atoms with E-state index >= 15 is 0 Å². The summed E-state index contributed by atoms with van der Waals surface area (Å²) < 4.78 is 19.7. The number of benzene rings is 2. The average molecular weight is 534 g/mol. The predicted octanol–water partition coefficient (Wildman–Crippen LogP) is 3.70. The molecule has 3 atom stereocenters. The van der Waals surface area contributed by atoms with Gasteiger partial charge in [0.15, 0.2) is 6.61 Å². The van der Waals surface area contributed by atoms with Gasteiger partial charge in [0.25, 0.3) is 11.8 Å². The van der Waals surface area contributed by atoms with Crippen LogP contribution in [0.2, 0.25) is 5.02 Å². The number of anilines is 2. The Kier molecular flexibility index (Phi) is 9.39. The fraction of sp³-hybridized carbons (Fsp3) is 0.346. The Hall–Kier alpha value is -3.31. The SMILES string of the molecule is CO[C@H](/C(=N/OCC(=O)Nc1ccc2c(c1)/C(=C\c1cccc(Cl)c1F)C(=O)N2)[C@@H](O)[C@@H](C)O)C(C)C. The fourth-order valence-corrected chi connectivity index (χ4v) is 4.00. The number of nitrogens with zero attached hydrogens (tertiary/aromatic N) is 1. The molecule has 3 rings (SSSR count). The van der Waals surface area contributed by atoms with E-state index in [4.69, 9.17) is 21.2 Å². The maximum atomic E-state index is 14.4. The number of nitrogens with one attached hydrogen (secondary N) is 2. The predicted molar refractivity (Wildman–Crippen MR) is 140 cm³/mol. The molecule has 1 aliphatic rings. The number of aliphatic hydroxyl groups excluding tert-OH is 2. The number of rotatable bonds is 10. The molecule has 0 bridgehead atoms. The van der Waals surface area contributed by atoms with Crippen LogP contribution >= 0.6 is 11.6 Å². The third kappa shape index (κ3) is 6.72. The Bertz CT molecular complexity index is 1230. The second-order valence-corrected chi connectivity index (χ2v) is 9.25. The van der Waals surface area contributed by atoms with Crippen LogP contribution in [0.3, 0.4) is 0 Å². The summed E-state index contributed by atoms with van der Waals surface area (Å²) in [6.07, 6.45) is -1.71. The summed E-state index contributed by atoms with van der Waals surface area (Å²) in [5.74, 6) is -1.71. The summed E-state index contributed by atoms with van der Waals surface area (Å²) >= 11 is 5.85. The summed E-state index contributed by atoms with van der Waals surface area (Å²) in [6, 6.07) is 9.26. The number of aliphatic hydroxyl groups is 2. The van der Waals surface area contributed by atoms with Crippen molar-refractivity contribution in [3.05, 3.63) is 58.4 Å². The third-order valence-corrected chi connectivity index (χ3v) is 5.94. The van der Waals surface area contributed by atoms with Crippen molar-refractivity contribution in [1.82, 2.24) is 0 Å². The minimum Gasteiger partial charge on any atom is -0.390 e. The van der Waals surface area contributed by atoms with Crippen molar-refractivity contribution in [3.8, 4) is 0 Å². The molecule has 0 aliphatic carbocycles. The van der Waals surface area contributed by atoms with Crippen LogP contribution in [-0.2, 0) is 19.2 Å². The molecule has 198 valence electrons. The molecule has 1 aliphatic heterocycles. The normalized spacial score (nSPS) is 16.8. The second-order valence-electron chi connectivity index (χ2n) is 8.84. The molecule has 0 unspecified atom stereocenters. The van der Waals surface area contributed by atoms with Gasteiger partial charge in [-0.1, -0.05) is 42.7 Å². The number of fused-ring (bicyclic) bond motifs is 1. The van der Waals surface area contributed by atoms with Gasteiger partial charge in [-0.3, -0.25) is 9.59 Å². The first-order chi connectivity index (χ1) is 17.5. The van der Waals surface area contributed by atoms with Gasteiger partial charge < -0.3 is 30.4 Å². The Morgan fingerprint density at radius 3 is 2.62 bits per heavy atom. The van der Waals surface area contributed by atoms with Crippen LogP contribution in [0.5, 0.6) is 0 Å². The number of ether oxygens (including phenoxy) is 1. The van der Waals surface area contributed by atoms with Crippen LogP contribution in [0.4, 0.5) is 15.8 Å². The summed E-state index contributed by atoms with van der Waals surface area (Å²) in [5.41, 5.74) is 1.77. The molecule has 2 aromatic carbocycles. The fourth-order valence-electron chi connectivity index (χ4n) is 3.81. The summed E-state index contributed by atoms with van der Waals surface area (Å²) in [7, 11) is 1.44. The number of methoxy groups -OCH3 is 1. The van der Waals surface area contributed by atoms with Gasteiger partial charge in [-0.05, 0) is 43.2 Å². The number of carbonyl (C=O) groups excluding carboxylic acids is 2. The van der Waals surface area contributed by atoms with E-state index in [1.54, 1.807) is 24.3 Å². The van der Waals surface area contributed by atoms with Gasteiger partial charge in [-0.2, -0.15) is 0 Å². The maximum absolute atomic E-state index is 14.4. The first-order valence-electron chi connectivity index (χ1n) is 11.5. The molecule has 2 amide bonds. The molecular formula is C26H29ClFN3O6. The standard InChI is InChI=1S/C26H29ClFN3O6/c1-13(2)25(36-4)23(24(34)14(3)32)31-37-12-21(33)29-16-8-9-20-17(11-16)18(26(35)30-20)10-15-6-5-7-19(27)22(15)28/h5-11,13-14,24-25,32,34H,12H2,1-4H3,(H,29,33)(H,30,35)/b18-10+,31-23+/t14-,24+,25+/m1/s1. The van der Waals surface area contributed by atoms with Crippen molar-refractivity contribution < 1.29 is 33.8 Å². The van der Waals surface area contributed by atoms with Gasteiger partial charge in [0.1, 0.15) is 23.7 Å². The molecule has 0 saturated carbocycles. The molecule has 4 N–H and O–H groups in total. The van der Waals surface area contributed by atoms with E-state index in [1.807, 2.05) is 13.8 Å². The van der Waals surface area contributed by atoms with Gasteiger partial charge in [-0.15, -0.1) is 0 Å². The van der Waals surface area contributed by atoms with E-state index in [0.717, 1.165) is 0 Å². The molecule has 0 aromatic heterocycles. The second kappa shape index (κ2) is 12.3. The van der Waals surface area contributed by atoms with Gasteiger partial charge >= 0.3 is 0 Å². The molecule has 0 radical (unpaired) electrons. The Balaban J connectivity index is 1.75. The molecule has 0 fully saturated rings. The van der Waals surface area contributed by atoms with Crippen molar-refractivity contribution in [2.45, 2.75) is 39.1 Å². The van der Waals surface area contributed by atoms with E-state index in [0.29, 0.717) is 16.9 Å². The average Bonchev–Trinajstić information content (AvgIpc) is 3.15. The number of amides is 2. The summed E-state index contributed by atoms with van der Waals surface area (Å²) in [4.78, 5) is 30.1. The van der Waals surface area contributed by atoms with Crippen molar-refractivity contribution in [2.24, 2.45) is 11.1 Å². The molecular weight excluding hydrogens is 505 g/mol. The first kappa shape index (κ1) is 28.3. The number of hydrogen-bond donors (Lipinski definition) is 4. The minimum atomic E-state index is -1.34. The highest BCUT2D eigenvalue weighted by Gasteiger charge is 2.30. The molecule has 0 saturated heterocycles. The summed E-state index contributed by atoms with van der Waals surface area (Å²) in [5, 5.41) is 29.2. The molecule has 0 spiro atoms. The number of oxime groups is 1. The monoisotopic (exact) mass is 533 g/mol. The molecule has 9 nitrogen and oxygen atoms in total.